The van der Waals surface area contributed by atoms with Crippen LogP contribution in [-0.2, 0) is 16.0 Å². The number of nitrogens with one attached hydrogen (secondary N) is 2. The highest BCUT2D eigenvalue weighted by atomic mass is 16.3. The van der Waals surface area contributed by atoms with Gasteiger partial charge in [-0.3, -0.25) is 9.59 Å². The van der Waals surface area contributed by atoms with Gasteiger partial charge in [0.15, 0.2) is 5.78 Å². The Labute approximate surface area is 193 Å². The number of para-hydroxylation sites is 1. The molecule has 0 radical (unpaired) electrons. The van der Waals surface area contributed by atoms with Crippen molar-refractivity contribution in [2.75, 3.05) is 0 Å². The zero-order valence-corrected chi connectivity index (χ0v) is 20.0. The van der Waals surface area contributed by atoms with Gasteiger partial charge in [0, 0.05) is 23.5 Å². The number of unbranched alkanes of at least 4 members (excludes halogenated alkanes) is 10. The van der Waals surface area contributed by atoms with E-state index < -0.39 is 12.1 Å². The number of aliphatic hydroxyl groups is 1. The second kappa shape index (κ2) is 14.8. The first kappa shape index (κ1) is 26.1. The van der Waals surface area contributed by atoms with E-state index in [1.54, 1.807) is 6.92 Å². The van der Waals surface area contributed by atoms with E-state index in [0.29, 0.717) is 6.42 Å². The van der Waals surface area contributed by atoms with Gasteiger partial charge in [0.05, 0.1) is 12.5 Å². The van der Waals surface area contributed by atoms with Crippen LogP contribution in [0.5, 0.6) is 0 Å². The van der Waals surface area contributed by atoms with Gasteiger partial charge in [-0.25, -0.2) is 0 Å². The average Bonchev–Trinajstić information content (AvgIpc) is 3.18. The van der Waals surface area contributed by atoms with E-state index in [-0.39, 0.29) is 18.1 Å². The Morgan fingerprint density at radius 3 is 2.16 bits per heavy atom. The van der Waals surface area contributed by atoms with Crippen LogP contribution >= 0.6 is 0 Å². The first-order valence-electron chi connectivity index (χ1n) is 12.6. The van der Waals surface area contributed by atoms with Crippen molar-refractivity contribution < 1.29 is 14.7 Å². The molecule has 0 saturated heterocycles. The number of ketones is 1. The molecule has 178 valence electrons. The number of hydrogen-bond donors (Lipinski definition) is 3. The molecule has 1 amide bonds. The van der Waals surface area contributed by atoms with E-state index in [0.717, 1.165) is 35.7 Å². The number of Topliss-reactive ketones (excluding diaryl/α,β-unsaturated/α-hetero) is 1. The third-order valence-electron chi connectivity index (χ3n) is 6.20. The normalized spacial score (nSPS) is 13.2. The number of H-pyrrole nitrogens is 1. The van der Waals surface area contributed by atoms with Crippen molar-refractivity contribution in [3.63, 3.8) is 0 Å². The highest BCUT2D eigenvalue weighted by Crippen LogP contribution is 2.18. The molecular formula is C27H42N2O3. The lowest BCUT2D eigenvalue weighted by Crippen LogP contribution is -2.48. The molecule has 1 heterocycles. The van der Waals surface area contributed by atoms with Crippen molar-refractivity contribution in [2.45, 2.75) is 109 Å². The van der Waals surface area contributed by atoms with E-state index in [9.17, 15) is 14.7 Å². The third-order valence-corrected chi connectivity index (χ3v) is 6.20. The lowest BCUT2D eigenvalue weighted by Gasteiger charge is -2.20. The SMILES string of the molecule is CCCCCCCCCCCCCC(=O)[C@@H](NC(=O)Cc1c[nH]c2ccccc12)[C@@H](C)O. The Balaban J connectivity index is 1.65. The van der Waals surface area contributed by atoms with Crippen LogP contribution < -0.4 is 5.32 Å². The molecule has 0 saturated carbocycles. The summed E-state index contributed by atoms with van der Waals surface area (Å²) in [6, 6.07) is 6.98. The maximum Gasteiger partial charge on any atom is 0.225 e. The van der Waals surface area contributed by atoms with Gasteiger partial charge in [-0.15, -0.1) is 0 Å². The number of fused-ring (bicyclic) bond motifs is 1. The Kier molecular flexibility index (Phi) is 12.1. The molecule has 2 rings (SSSR count). The molecule has 0 fully saturated rings. The summed E-state index contributed by atoms with van der Waals surface area (Å²) < 4.78 is 0. The van der Waals surface area contributed by atoms with Crippen LogP contribution in [0.1, 0.15) is 96.5 Å². The van der Waals surface area contributed by atoms with Crippen LogP contribution in [-0.4, -0.2) is 33.9 Å². The van der Waals surface area contributed by atoms with Crippen molar-refractivity contribution in [3.8, 4) is 0 Å². The second-order valence-electron chi connectivity index (χ2n) is 9.07. The fourth-order valence-corrected chi connectivity index (χ4v) is 4.26. The summed E-state index contributed by atoms with van der Waals surface area (Å²) in [5, 5.41) is 13.8. The number of rotatable bonds is 17. The molecule has 0 unspecified atom stereocenters. The quantitative estimate of drug-likeness (QED) is 0.269. The first-order valence-corrected chi connectivity index (χ1v) is 12.6. The van der Waals surface area contributed by atoms with Crippen molar-refractivity contribution in [2.24, 2.45) is 0 Å². The van der Waals surface area contributed by atoms with E-state index in [2.05, 4.69) is 17.2 Å². The summed E-state index contributed by atoms with van der Waals surface area (Å²) >= 11 is 0. The van der Waals surface area contributed by atoms with E-state index in [1.165, 1.54) is 51.4 Å². The number of benzene rings is 1. The van der Waals surface area contributed by atoms with E-state index in [4.69, 9.17) is 0 Å². The summed E-state index contributed by atoms with van der Waals surface area (Å²) in [6.45, 7) is 3.81. The van der Waals surface area contributed by atoms with Crippen molar-refractivity contribution in [1.29, 1.82) is 0 Å². The topological polar surface area (TPSA) is 82.2 Å². The minimum absolute atomic E-state index is 0.0804. The molecule has 5 heteroatoms. The molecule has 0 aliphatic carbocycles. The number of hydrogen-bond acceptors (Lipinski definition) is 3. The summed E-state index contributed by atoms with van der Waals surface area (Å²) in [5.41, 5.74) is 1.87. The number of aromatic nitrogens is 1. The lowest BCUT2D eigenvalue weighted by molar-refractivity contribution is -0.130. The number of amides is 1. The highest BCUT2D eigenvalue weighted by molar-refractivity contribution is 5.92. The molecular weight excluding hydrogens is 400 g/mol. The van der Waals surface area contributed by atoms with Gasteiger partial charge in [-0.1, -0.05) is 89.3 Å². The standard InChI is InChI=1S/C27H42N2O3/c1-3-4-5-6-7-8-9-10-11-12-13-18-25(31)27(21(2)30)29-26(32)19-22-20-28-24-17-15-14-16-23(22)24/h14-17,20-21,27-28,30H,3-13,18-19H2,1-2H3,(H,29,32)/t21-,27+/m1/s1. The molecule has 1 aromatic heterocycles. The van der Waals surface area contributed by atoms with E-state index >= 15 is 0 Å². The van der Waals surface area contributed by atoms with Crippen LogP contribution in [0, 0.1) is 0 Å². The fraction of sp³-hybridized carbons (Fsp3) is 0.630. The molecule has 32 heavy (non-hydrogen) atoms. The summed E-state index contributed by atoms with van der Waals surface area (Å²) in [7, 11) is 0. The number of aliphatic hydroxyl groups excluding tert-OH is 1. The Morgan fingerprint density at radius 1 is 0.938 bits per heavy atom. The lowest BCUT2D eigenvalue weighted by atomic mass is 10.00. The minimum Gasteiger partial charge on any atom is -0.391 e. The van der Waals surface area contributed by atoms with Gasteiger partial charge in [0.25, 0.3) is 0 Å². The van der Waals surface area contributed by atoms with Crippen LogP contribution in [0.2, 0.25) is 0 Å². The highest BCUT2D eigenvalue weighted by Gasteiger charge is 2.25. The second-order valence-corrected chi connectivity index (χ2v) is 9.07. The van der Waals surface area contributed by atoms with Crippen LogP contribution in [0.25, 0.3) is 10.9 Å². The largest absolute Gasteiger partial charge is 0.391 e. The molecule has 0 bridgehead atoms. The van der Waals surface area contributed by atoms with Gasteiger partial charge in [-0.05, 0) is 25.0 Å². The number of carbonyl (C=O) groups excluding carboxylic acids is 2. The van der Waals surface area contributed by atoms with Crippen LogP contribution in [0.3, 0.4) is 0 Å². The Bertz CT molecular complexity index is 812. The summed E-state index contributed by atoms with van der Waals surface area (Å²) in [4.78, 5) is 28.3. The van der Waals surface area contributed by atoms with Crippen molar-refractivity contribution in [3.05, 3.63) is 36.0 Å². The molecule has 1 aromatic carbocycles. The smallest absolute Gasteiger partial charge is 0.225 e. The zero-order chi connectivity index (χ0) is 23.2. The Morgan fingerprint density at radius 2 is 1.53 bits per heavy atom. The average molecular weight is 443 g/mol. The first-order chi connectivity index (χ1) is 15.5. The predicted molar refractivity (Wildman–Crippen MR) is 132 cm³/mol. The number of aromatic amines is 1. The third kappa shape index (κ3) is 9.15. The molecule has 0 aliphatic heterocycles. The summed E-state index contributed by atoms with van der Waals surface area (Å²) in [5.74, 6) is -0.323. The Hall–Kier alpha value is -2.14. The van der Waals surface area contributed by atoms with Gasteiger partial charge in [0.2, 0.25) is 5.91 Å². The fourth-order valence-electron chi connectivity index (χ4n) is 4.26. The number of carbonyl (C=O) groups is 2. The minimum atomic E-state index is -0.901. The zero-order valence-electron chi connectivity index (χ0n) is 20.0. The van der Waals surface area contributed by atoms with Gasteiger partial charge in [0.1, 0.15) is 6.04 Å². The molecule has 2 atom stereocenters. The molecule has 0 spiro atoms. The molecule has 5 nitrogen and oxygen atoms in total. The molecule has 2 aromatic rings. The summed E-state index contributed by atoms with van der Waals surface area (Å²) in [6.07, 6.45) is 15.0. The van der Waals surface area contributed by atoms with Crippen molar-refractivity contribution in [1.82, 2.24) is 10.3 Å². The van der Waals surface area contributed by atoms with Gasteiger partial charge < -0.3 is 15.4 Å². The van der Waals surface area contributed by atoms with Crippen LogP contribution in [0.15, 0.2) is 30.5 Å². The van der Waals surface area contributed by atoms with E-state index in [1.807, 2.05) is 30.5 Å². The molecule has 0 aliphatic rings. The van der Waals surface area contributed by atoms with Crippen molar-refractivity contribution >= 4 is 22.6 Å². The molecule has 3 N–H and O–H groups in total. The van der Waals surface area contributed by atoms with Gasteiger partial charge >= 0.3 is 0 Å². The maximum atomic E-state index is 12.6. The van der Waals surface area contributed by atoms with Crippen LogP contribution in [0.4, 0.5) is 0 Å². The van der Waals surface area contributed by atoms with Gasteiger partial charge in [-0.2, -0.15) is 0 Å². The maximum absolute atomic E-state index is 12.6. The monoisotopic (exact) mass is 442 g/mol. The predicted octanol–water partition coefficient (Wildman–Crippen LogP) is 5.85.